The minimum Gasteiger partial charge on any atom is -0.479 e. The Balaban J connectivity index is 1.67. The maximum atomic E-state index is 12.8. The number of fused-ring (bicyclic) bond motifs is 2. The molecule has 1 aliphatic rings. The van der Waals surface area contributed by atoms with Crippen molar-refractivity contribution in [3.8, 4) is 5.75 Å². The van der Waals surface area contributed by atoms with Crippen LogP contribution in [-0.2, 0) is 4.79 Å². The standard InChI is InChI=1S/C18H16N4O4/c1-8-6-12(15-9(2)22-26-18(15)19-8)17(24)20-11-4-5-14-13(7-11)21-16(23)10(3)25-14/h4-7,10H,1-3H3,(H,20,24)(H,21,23)/t10-/m1/s1. The van der Waals surface area contributed by atoms with Crippen molar-refractivity contribution in [1.82, 2.24) is 10.1 Å². The SMILES string of the molecule is Cc1cc(C(=O)Nc2ccc3c(c2)NC(=O)[C@@H](C)O3)c2c(C)noc2n1. The fraction of sp³-hybridized carbons (Fsp3) is 0.222. The van der Waals surface area contributed by atoms with Gasteiger partial charge in [-0.2, -0.15) is 0 Å². The number of hydrogen-bond donors (Lipinski definition) is 2. The molecule has 0 spiro atoms. The number of nitrogens with zero attached hydrogens (tertiary/aromatic N) is 2. The predicted octanol–water partition coefficient (Wildman–Crippen LogP) is 2.81. The summed E-state index contributed by atoms with van der Waals surface area (Å²) in [4.78, 5) is 28.8. The van der Waals surface area contributed by atoms with Crippen molar-refractivity contribution in [2.75, 3.05) is 10.6 Å². The van der Waals surface area contributed by atoms with E-state index in [0.717, 1.165) is 0 Å². The van der Waals surface area contributed by atoms with E-state index in [2.05, 4.69) is 20.8 Å². The lowest BCUT2D eigenvalue weighted by Gasteiger charge is -2.23. The van der Waals surface area contributed by atoms with Gasteiger partial charge in [0.25, 0.3) is 17.5 Å². The summed E-state index contributed by atoms with van der Waals surface area (Å²) in [7, 11) is 0. The number of amides is 2. The first kappa shape index (κ1) is 16.1. The van der Waals surface area contributed by atoms with Crippen molar-refractivity contribution in [2.45, 2.75) is 26.9 Å². The van der Waals surface area contributed by atoms with Gasteiger partial charge in [-0.1, -0.05) is 5.16 Å². The van der Waals surface area contributed by atoms with Crippen molar-refractivity contribution < 1.29 is 18.8 Å². The summed E-state index contributed by atoms with van der Waals surface area (Å²) < 4.78 is 10.7. The molecule has 0 aliphatic carbocycles. The number of nitrogens with one attached hydrogen (secondary N) is 2. The highest BCUT2D eigenvalue weighted by Gasteiger charge is 2.24. The van der Waals surface area contributed by atoms with Gasteiger partial charge in [0.1, 0.15) is 5.75 Å². The van der Waals surface area contributed by atoms with Crippen molar-refractivity contribution >= 4 is 34.3 Å². The van der Waals surface area contributed by atoms with E-state index in [1.807, 2.05) is 0 Å². The fourth-order valence-electron chi connectivity index (χ4n) is 2.88. The fourth-order valence-corrected chi connectivity index (χ4v) is 2.88. The second-order valence-electron chi connectivity index (χ2n) is 6.17. The number of benzene rings is 1. The van der Waals surface area contributed by atoms with Gasteiger partial charge in [0.05, 0.1) is 22.3 Å². The smallest absolute Gasteiger partial charge is 0.265 e. The Kier molecular flexibility index (Phi) is 3.61. The average molecular weight is 352 g/mol. The maximum Gasteiger partial charge on any atom is 0.265 e. The highest BCUT2D eigenvalue weighted by molar-refractivity contribution is 6.12. The van der Waals surface area contributed by atoms with Gasteiger partial charge in [0.15, 0.2) is 6.10 Å². The summed E-state index contributed by atoms with van der Waals surface area (Å²) in [5, 5.41) is 10.0. The molecule has 3 aromatic rings. The van der Waals surface area contributed by atoms with E-state index in [0.29, 0.717) is 45.2 Å². The van der Waals surface area contributed by atoms with E-state index in [1.54, 1.807) is 45.0 Å². The van der Waals surface area contributed by atoms with Crippen LogP contribution < -0.4 is 15.4 Å². The highest BCUT2D eigenvalue weighted by Crippen LogP contribution is 2.32. The first-order valence-electron chi connectivity index (χ1n) is 8.09. The molecule has 0 saturated heterocycles. The van der Waals surface area contributed by atoms with Gasteiger partial charge in [-0.05, 0) is 45.0 Å². The normalized spacial score (nSPS) is 16.0. The molecule has 2 aromatic heterocycles. The van der Waals surface area contributed by atoms with Gasteiger partial charge < -0.3 is 19.9 Å². The zero-order valence-electron chi connectivity index (χ0n) is 14.4. The lowest BCUT2D eigenvalue weighted by molar-refractivity contribution is -0.122. The summed E-state index contributed by atoms with van der Waals surface area (Å²) in [6, 6.07) is 6.77. The summed E-state index contributed by atoms with van der Waals surface area (Å²) in [5.74, 6) is 0.0165. The van der Waals surface area contributed by atoms with Crippen LogP contribution in [0.15, 0.2) is 28.8 Å². The number of hydrogen-bond acceptors (Lipinski definition) is 6. The maximum absolute atomic E-state index is 12.8. The Bertz CT molecular complexity index is 1060. The van der Waals surface area contributed by atoms with E-state index in [1.165, 1.54) is 0 Å². The zero-order valence-corrected chi connectivity index (χ0v) is 14.4. The van der Waals surface area contributed by atoms with Crippen molar-refractivity contribution in [3.05, 3.63) is 41.2 Å². The molecule has 1 atom stereocenters. The Morgan fingerprint density at radius 3 is 2.88 bits per heavy atom. The lowest BCUT2D eigenvalue weighted by atomic mass is 10.1. The Labute approximate surface area is 148 Å². The Morgan fingerprint density at radius 2 is 2.08 bits per heavy atom. The number of rotatable bonds is 2. The van der Waals surface area contributed by atoms with E-state index >= 15 is 0 Å². The van der Waals surface area contributed by atoms with Crippen LogP contribution in [0.1, 0.15) is 28.7 Å². The van der Waals surface area contributed by atoms with Crippen LogP contribution in [0.3, 0.4) is 0 Å². The van der Waals surface area contributed by atoms with E-state index in [9.17, 15) is 9.59 Å². The molecule has 8 heteroatoms. The molecule has 0 fully saturated rings. The van der Waals surface area contributed by atoms with Crippen LogP contribution in [0.5, 0.6) is 5.75 Å². The topological polar surface area (TPSA) is 106 Å². The molecule has 0 bridgehead atoms. The second-order valence-corrected chi connectivity index (χ2v) is 6.17. The van der Waals surface area contributed by atoms with Crippen LogP contribution in [0.25, 0.3) is 11.1 Å². The number of aromatic nitrogens is 2. The Hall–Kier alpha value is -3.42. The molecular weight excluding hydrogens is 336 g/mol. The first-order valence-corrected chi connectivity index (χ1v) is 8.09. The Morgan fingerprint density at radius 1 is 1.27 bits per heavy atom. The van der Waals surface area contributed by atoms with Crippen LogP contribution in [-0.4, -0.2) is 28.1 Å². The summed E-state index contributed by atoms with van der Waals surface area (Å²) >= 11 is 0. The second kappa shape index (κ2) is 5.83. The third-order valence-corrected chi connectivity index (χ3v) is 4.16. The molecule has 2 N–H and O–H groups in total. The molecular formula is C18H16N4O4. The predicted molar refractivity (Wildman–Crippen MR) is 94.4 cm³/mol. The van der Waals surface area contributed by atoms with Gasteiger partial charge in [0.2, 0.25) is 0 Å². The zero-order chi connectivity index (χ0) is 18.4. The minimum atomic E-state index is -0.549. The number of aryl methyl sites for hydroxylation is 2. The summed E-state index contributed by atoms with van der Waals surface area (Å²) in [5.41, 5.74) is 3.05. The molecule has 8 nitrogen and oxygen atoms in total. The van der Waals surface area contributed by atoms with Gasteiger partial charge in [-0.15, -0.1) is 0 Å². The monoisotopic (exact) mass is 352 g/mol. The summed E-state index contributed by atoms with van der Waals surface area (Å²) in [6.07, 6.45) is -0.549. The van der Waals surface area contributed by atoms with E-state index in [4.69, 9.17) is 9.26 Å². The molecule has 26 heavy (non-hydrogen) atoms. The number of ether oxygens (including phenoxy) is 1. The quantitative estimate of drug-likeness (QED) is 0.734. The highest BCUT2D eigenvalue weighted by atomic mass is 16.5. The lowest BCUT2D eigenvalue weighted by Crippen LogP contribution is -2.34. The molecule has 0 unspecified atom stereocenters. The molecule has 0 saturated carbocycles. The number of pyridine rings is 1. The molecule has 1 aliphatic heterocycles. The third-order valence-electron chi connectivity index (χ3n) is 4.16. The molecule has 0 radical (unpaired) electrons. The van der Waals surface area contributed by atoms with Crippen LogP contribution in [0, 0.1) is 13.8 Å². The third kappa shape index (κ3) is 2.65. The first-order chi connectivity index (χ1) is 12.4. The van der Waals surface area contributed by atoms with Crippen molar-refractivity contribution in [1.29, 1.82) is 0 Å². The van der Waals surface area contributed by atoms with Crippen molar-refractivity contribution in [3.63, 3.8) is 0 Å². The van der Waals surface area contributed by atoms with Gasteiger partial charge >= 0.3 is 0 Å². The van der Waals surface area contributed by atoms with Crippen LogP contribution in [0.4, 0.5) is 11.4 Å². The minimum absolute atomic E-state index is 0.229. The van der Waals surface area contributed by atoms with Crippen molar-refractivity contribution in [2.24, 2.45) is 0 Å². The van der Waals surface area contributed by atoms with Gasteiger partial charge in [0, 0.05) is 11.4 Å². The number of carbonyl (C=O) groups excluding carboxylic acids is 2. The molecule has 2 amide bonds. The summed E-state index contributed by atoms with van der Waals surface area (Å²) in [6.45, 7) is 5.21. The largest absolute Gasteiger partial charge is 0.479 e. The van der Waals surface area contributed by atoms with Crippen LogP contribution >= 0.6 is 0 Å². The van der Waals surface area contributed by atoms with Gasteiger partial charge in [-0.3, -0.25) is 9.59 Å². The van der Waals surface area contributed by atoms with Gasteiger partial charge in [-0.25, -0.2) is 4.98 Å². The molecule has 4 rings (SSSR count). The average Bonchev–Trinajstić information content (AvgIpc) is 2.96. The number of carbonyl (C=O) groups is 2. The molecule has 3 heterocycles. The molecule has 132 valence electrons. The van der Waals surface area contributed by atoms with Crippen LogP contribution in [0.2, 0.25) is 0 Å². The van der Waals surface area contributed by atoms with E-state index < -0.39 is 6.10 Å². The van der Waals surface area contributed by atoms with E-state index in [-0.39, 0.29) is 11.8 Å². The number of anilines is 2. The molecule has 1 aromatic carbocycles.